The number of pyridine rings is 1. The van der Waals surface area contributed by atoms with E-state index in [0.29, 0.717) is 23.8 Å². The van der Waals surface area contributed by atoms with Crippen molar-refractivity contribution in [3.63, 3.8) is 0 Å². The minimum Gasteiger partial charge on any atom is -0.369 e. The van der Waals surface area contributed by atoms with Gasteiger partial charge in [-0.25, -0.2) is 9.37 Å². The molecule has 1 unspecified atom stereocenters. The Labute approximate surface area is 127 Å². The van der Waals surface area contributed by atoms with Crippen LogP contribution in [-0.2, 0) is 11.2 Å². The molecule has 0 aliphatic carbocycles. The average Bonchev–Trinajstić information content (AvgIpc) is 2.46. The van der Waals surface area contributed by atoms with Gasteiger partial charge in [-0.1, -0.05) is 23.7 Å². The molecule has 4 nitrogen and oxygen atoms in total. The summed E-state index contributed by atoms with van der Waals surface area (Å²) < 4.78 is 12.9. The SMILES string of the molecule is NC(=O)C(CNc1ncccc1Cl)Cc1ccc(F)cc1. The van der Waals surface area contributed by atoms with Gasteiger partial charge >= 0.3 is 0 Å². The van der Waals surface area contributed by atoms with Crippen LogP contribution < -0.4 is 11.1 Å². The van der Waals surface area contributed by atoms with E-state index in [9.17, 15) is 9.18 Å². The zero-order chi connectivity index (χ0) is 15.2. The van der Waals surface area contributed by atoms with Gasteiger partial charge in [0.25, 0.3) is 0 Å². The lowest BCUT2D eigenvalue weighted by Gasteiger charge is -2.15. The van der Waals surface area contributed by atoms with Gasteiger partial charge in [-0.05, 0) is 36.2 Å². The van der Waals surface area contributed by atoms with Crippen LogP contribution in [0.15, 0.2) is 42.6 Å². The Kier molecular flexibility index (Phi) is 5.11. The number of nitrogens with two attached hydrogens (primary N) is 1. The minimum atomic E-state index is -0.437. The smallest absolute Gasteiger partial charge is 0.222 e. The molecule has 3 N–H and O–H groups in total. The molecule has 0 spiro atoms. The molecule has 1 aromatic carbocycles. The molecule has 6 heteroatoms. The molecule has 21 heavy (non-hydrogen) atoms. The van der Waals surface area contributed by atoms with E-state index in [4.69, 9.17) is 17.3 Å². The number of nitrogens with zero attached hydrogens (tertiary/aromatic N) is 1. The van der Waals surface area contributed by atoms with Crippen LogP contribution in [0.3, 0.4) is 0 Å². The highest BCUT2D eigenvalue weighted by atomic mass is 35.5. The Bertz CT molecular complexity index is 619. The maximum absolute atomic E-state index is 12.9. The number of halogens is 2. The summed E-state index contributed by atoms with van der Waals surface area (Å²) in [7, 11) is 0. The van der Waals surface area contributed by atoms with Gasteiger partial charge in [0.15, 0.2) is 0 Å². The third-order valence-corrected chi connectivity index (χ3v) is 3.38. The lowest BCUT2D eigenvalue weighted by molar-refractivity contribution is -0.121. The molecular formula is C15H15ClFN3O. The molecule has 0 bridgehead atoms. The Morgan fingerprint density at radius 2 is 2.05 bits per heavy atom. The number of carbonyl (C=O) groups is 1. The summed E-state index contributed by atoms with van der Waals surface area (Å²) in [6.07, 6.45) is 2.03. The fourth-order valence-corrected chi connectivity index (χ4v) is 2.10. The molecule has 110 valence electrons. The molecule has 0 radical (unpaired) electrons. The second kappa shape index (κ2) is 7.04. The summed E-state index contributed by atoms with van der Waals surface area (Å²) in [5, 5.41) is 3.48. The summed E-state index contributed by atoms with van der Waals surface area (Å²) in [6, 6.07) is 9.42. The summed E-state index contributed by atoms with van der Waals surface area (Å²) in [5.41, 5.74) is 6.25. The number of hydrogen-bond donors (Lipinski definition) is 2. The van der Waals surface area contributed by atoms with Gasteiger partial charge in [-0.2, -0.15) is 0 Å². The van der Waals surface area contributed by atoms with E-state index >= 15 is 0 Å². The minimum absolute atomic E-state index is 0.309. The van der Waals surface area contributed by atoms with Crippen LogP contribution in [0.5, 0.6) is 0 Å². The van der Waals surface area contributed by atoms with Gasteiger partial charge in [0.2, 0.25) is 5.91 Å². The zero-order valence-corrected chi connectivity index (χ0v) is 12.0. The molecule has 1 aromatic heterocycles. The van der Waals surface area contributed by atoms with E-state index in [1.807, 2.05) is 0 Å². The van der Waals surface area contributed by atoms with Crippen molar-refractivity contribution in [3.05, 3.63) is 59.0 Å². The molecule has 2 aromatic rings. The first-order chi connectivity index (χ1) is 10.1. The molecule has 1 atom stereocenters. The lowest BCUT2D eigenvalue weighted by atomic mass is 9.98. The molecule has 1 amide bonds. The summed E-state index contributed by atoms with van der Waals surface area (Å²) in [5.74, 6) is -0.676. The molecule has 0 saturated carbocycles. The quantitative estimate of drug-likeness (QED) is 0.862. The predicted octanol–water partition coefficient (Wildman–Crippen LogP) is 2.63. The van der Waals surface area contributed by atoms with E-state index in [2.05, 4.69) is 10.3 Å². The standard InChI is InChI=1S/C15H15ClFN3O/c16-13-2-1-7-19-15(13)20-9-11(14(18)21)8-10-3-5-12(17)6-4-10/h1-7,11H,8-9H2,(H2,18,21)(H,19,20). The average molecular weight is 308 g/mol. The first-order valence-corrected chi connectivity index (χ1v) is 6.82. The summed E-state index contributed by atoms with van der Waals surface area (Å²) in [4.78, 5) is 15.6. The number of nitrogens with one attached hydrogen (secondary N) is 1. The fourth-order valence-electron chi connectivity index (χ4n) is 1.91. The Morgan fingerprint density at radius 3 is 2.67 bits per heavy atom. The maximum Gasteiger partial charge on any atom is 0.222 e. The van der Waals surface area contributed by atoms with Crippen molar-refractivity contribution < 1.29 is 9.18 Å². The van der Waals surface area contributed by atoms with E-state index in [-0.39, 0.29) is 5.82 Å². The van der Waals surface area contributed by atoms with Gasteiger partial charge in [0, 0.05) is 12.7 Å². The third-order valence-electron chi connectivity index (χ3n) is 3.07. The van der Waals surface area contributed by atoms with Gasteiger partial charge in [0.1, 0.15) is 11.6 Å². The van der Waals surface area contributed by atoms with Crippen LogP contribution in [0.25, 0.3) is 0 Å². The van der Waals surface area contributed by atoms with Crippen LogP contribution in [0, 0.1) is 11.7 Å². The Balaban J connectivity index is 2.01. The highest BCUT2D eigenvalue weighted by molar-refractivity contribution is 6.32. The number of rotatable bonds is 6. The van der Waals surface area contributed by atoms with Gasteiger partial charge < -0.3 is 11.1 Å². The topological polar surface area (TPSA) is 68.0 Å². The predicted molar refractivity (Wildman–Crippen MR) is 80.5 cm³/mol. The van der Waals surface area contributed by atoms with Gasteiger partial charge in [-0.3, -0.25) is 4.79 Å². The number of hydrogen-bond acceptors (Lipinski definition) is 3. The van der Waals surface area contributed by atoms with Gasteiger partial charge in [0.05, 0.1) is 10.9 Å². The second-order valence-electron chi connectivity index (χ2n) is 4.64. The molecule has 0 aliphatic rings. The first-order valence-electron chi connectivity index (χ1n) is 6.44. The number of aromatic nitrogens is 1. The molecular weight excluding hydrogens is 293 g/mol. The van der Waals surface area contributed by atoms with Gasteiger partial charge in [-0.15, -0.1) is 0 Å². The van der Waals surface area contributed by atoms with E-state index in [0.717, 1.165) is 5.56 Å². The zero-order valence-electron chi connectivity index (χ0n) is 11.2. The number of benzene rings is 1. The molecule has 1 heterocycles. The number of amides is 1. The lowest BCUT2D eigenvalue weighted by Crippen LogP contribution is -2.31. The first kappa shape index (κ1) is 15.3. The number of anilines is 1. The van der Waals surface area contributed by atoms with E-state index in [1.54, 1.807) is 30.5 Å². The number of carbonyl (C=O) groups excluding carboxylic acids is 1. The van der Waals surface area contributed by atoms with Crippen molar-refractivity contribution in [2.75, 3.05) is 11.9 Å². The highest BCUT2D eigenvalue weighted by Crippen LogP contribution is 2.18. The van der Waals surface area contributed by atoms with Crippen molar-refractivity contribution in [1.29, 1.82) is 0 Å². The van der Waals surface area contributed by atoms with E-state index in [1.165, 1.54) is 12.1 Å². The molecule has 0 aliphatic heterocycles. The normalized spacial score (nSPS) is 11.9. The van der Waals surface area contributed by atoms with Crippen LogP contribution >= 0.6 is 11.6 Å². The third kappa shape index (κ3) is 4.43. The summed E-state index contributed by atoms with van der Waals surface area (Å²) in [6.45, 7) is 0.309. The van der Waals surface area contributed by atoms with Crippen molar-refractivity contribution in [1.82, 2.24) is 4.98 Å². The van der Waals surface area contributed by atoms with Crippen LogP contribution in [0.4, 0.5) is 10.2 Å². The van der Waals surface area contributed by atoms with E-state index < -0.39 is 11.8 Å². The highest BCUT2D eigenvalue weighted by Gasteiger charge is 2.16. The maximum atomic E-state index is 12.9. The monoisotopic (exact) mass is 307 g/mol. The van der Waals surface area contributed by atoms with Crippen molar-refractivity contribution in [3.8, 4) is 0 Å². The van der Waals surface area contributed by atoms with Crippen molar-refractivity contribution >= 4 is 23.3 Å². The molecule has 0 fully saturated rings. The van der Waals surface area contributed by atoms with Crippen LogP contribution in [-0.4, -0.2) is 17.4 Å². The van der Waals surface area contributed by atoms with Crippen LogP contribution in [0.2, 0.25) is 5.02 Å². The second-order valence-corrected chi connectivity index (χ2v) is 5.05. The number of primary amides is 1. The van der Waals surface area contributed by atoms with Crippen molar-refractivity contribution in [2.45, 2.75) is 6.42 Å². The van der Waals surface area contributed by atoms with Crippen molar-refractivity contribution in [2.24, 2.45) is 11.7 Å². The Morgan fingerprint density at radius 1 is 1.33 bits per heavy atom. The summed E-state index contributed by atoms with van der Waals surface area (Å²) >= 11 is 5.98. The molecule has 2 rings (SSSR count). The van der Waals surface area contributed by atoms with Crippen LogP contribution in [0.1, 0.15) is 5.56 Å². The fraction of sp³-hybridized carbons (Fsp3) is 0.200. The largest absolute Gasteiger partial charge is 0.369 e. The Hall–Kier alpha value is -2.14. The molecule has 0 saturated heterocycles.